The minimum Gasteiger partial charge on any atom is -0.468 e. The first-order valence-corrected chi connectivity index (χ1v) is 11.5. The van der Waals surface area contributed by atoms with Crippen LogP contribution in [0.4, 0.5) is 21.9 Å². The summed E-state index contributed by atoms with van der Waals surface area (Å²) in [6.45, 7) is 3.64. The Morgan fingerprint density at radius 2 is 1.68 bits per heavy atom. The number of imide groups is 1. The summed E-state index contributed by atoms with van der Waals surface area (Å²) >= 11 is 0.682. The number of methoxy groups -OCH3 is 1. The minimum atomic E-state index is -0.719. The molecule has 0 saturated carbocycles. The smallest absolute Gasteiger partial charge is 0.325 e. The fraction of sp³-hybridized carbons (Fsp3) is 0.476. The lowest BCUT2D eigenvalue weighted by Crippen LogP contribution is -2.38. The molecule has 0 atom stereocenters. The summed E-state index contributed by atoms with van der Waals surface area (Å²) < 4.78 is 15.4. The molecule has 12 nitrogen and oxygen atoms in total. The Morgan fingerprint density at radius 1 is 1.09 bits per heavy atom. The number of thioether (sulfide) groups is 1. The highest BCUT2D eigenvalue weighted by Crippen LogP contribution is 2.40. The molecule has 3 fully saturated rings. The number of benzene rings is 1. The Hall–Kier alpha value is -3.16. The summed E-state index contributed by atoms with van der Waals surface area (Å²) in [5.74, 6) is -1.36. The van der Waals surface area contributed by atoms with Crippen molar-refractivity contribution in [2.75, 3.05) is 76.1 Å². The second kappa shape index (κ2) is 10.4. The average Bonchev–Trinajstić information content (AvgIpc) is 3.11. The predicted molar refractivity (Wildman–Crippen MR) is 124 cm³/mol. The van der Waals surface area contributed by atoms with Crippen molar-refractivity contribution in [3.63, 3.8) is 0 Å². The van der Waals surface area contributed by atoms with Gasteiger partial charge in [-0.15, -0.1) is 0 Å². The molecule has 34 heavy (non-hydrogen) atoms. The first-order chi connectivity index (χ1) is 16.4. The number of nitrogens with zero attached hydrogens (tertiary/aromatic N) is 4. The molecule has 0 bridgehead atoms. The third kappa shape index (κ3) is 5.00. The van der Waals surface area contributed by atoms with Crippen molar-refractivity contribution >= 4 is 52.0 Å². The van der Waals surface area contributed by atoms with Crippen molar-refractivity contribution in [1.29, 1.82) is 0 Å². The lowest BCUT2D eigenvalue weighted by atomic mass is 10.1. The van der Waals surface area contributed by atoms with Gasteiger partial charge in [-0.2, -0.15) is 0 Å². The first-order valence-electron chi connectivity index (χ1n) is 10.7. The first kappa shape index (κ1) is 24.0. The molecule has 4 rings (SSSR count). The van der Waals surface area contributed by atoms with Gasteiger partial charge in [0.2, 0.25) is 0 Å². The molecule has 3 aliphatic heterocycles. The normalized spacial score (nSPS) is 20.3. The maximum atomic E-state index is 12.8. The lowest BCUT2D eigenvalue weighted by molar-refractivity contribution is -0.384. The summed E-state index contributed by atoms with van der Waals surface area (Å²) in [4.78, 5) is 53.1. The van der Waals surface area contributed by atoms with Crippen molar-refractivity contribution in [1.82, 2.24) is 4.90 Å². The van der Waals surface area contributed by atoms with Crippen LogP contribution >= 0.6 is 11.8 Å². The molecule has 1 aromatic carbocycles. The van der Waals surface area contributed by atoms with Crippen LogP contribution in [0.3, 0.4) is 0 Å². The number of hydrogen-bond acceptors (Lipinski definition) is 11. The molecule has 0 spiro atoms. The Balaban J connectivity index is 1.76. The van der Waals surface area contributed by atoms with Crippen LogP contribution in [0.25, 0.3) is 6.08 Å². The fourth-order valence-corrected chi connectivity index (χ4v) is 4.78. The quantitative estimate of drug-likeness (QED) is 0.247. The van der Waals surface area contributed by atoms with Crippen LogP contribution in [0.2, 0.25) is 0 Å². The number of esters is 1. The van der Waals surface area contributed by atoms with E-state index in [1.807, 2.05) is 9.80 Å². The molecule has 1 aromatic rings. The minimum absolute atomic E-state index is 0.0804. The van der Waals surface area contributed by atoms with Gasteiger partial charge in [0.15, 0.2) is 0 Å². The topological polar surface area (TPSA) is 132 Å². The zero-order chi connectivity index (χ0) is 24.2. The van der Waals surface area contributed by atoms with E-state index >= 15 is 0 Å². The maximum absolute atomic E-state index is 12.8. The highest BCUT2D eigenvalue weighted by atomic mass is 32.2. The summed E-state index contributed by atoms with van der Waals surface area (Å²) in [6.07, 6.45) is 1.48. The lowest BCUT2D eigenvalue weighted by Gasteiger charge is -2.33. The molecule has 3 saturated heterocycles. The van der Waals surface area contributed by atoms with E-state index in [9.17, 15) is 24.5 Å². The largest absolute Gasteiger partial charge is 0.468 e. The van der Waals surface area contributed by atoms with E-state index in [0.29, 0.717) is 81.3 Å². The van der Waals surface area contributed by atoms with Crippen molar-refractivity contribution in [2.45, 2.75) is 0 Å². The van der Waals surface area contributed by atoms with Gasteiger partial charge in [-0.25, -0.2) is 0 Å². The second-order valence-electron chi connectivity index (χ2n) is 7.70. The van der Waals surface area contributed by atoms with Gasteiger partial charge >= 0.3 is 5.97 Å². The van der Waals surface area contributed by atoms with Gasteiger partial charge in [0.25, 0.3) is 16.8 Å². The van der Waals surface area contributed by atoms with Gasteiger partial charge in [-0.3, -0.25) is 29.4 Å². The van der Waals surface area contributed by atoms with Crippen molar-refractivity contribution in [3.05, 3.63) is 32.7 Å². The zero-order valence-electron chi connectivity index (χ0n) is 18.6. The molecule has 3 aliphatic rings. The highest BCUT2D eigenvalue weighted by molar-refractivity contribution is 8.18. The van der Waals surface area contributed by atoms with Crippen molar-refractivity contribution in [3.8, 4) is 0 Å². The van der Waals surface area contributed by atoms with E-state index in [1.165, 1.54) is 19.3 Å². The molecule has 0 radical (unpaired) electrons. The SMILES string of the molecule is COC(=O)CN1C(=O)S/C(=C\c2cc([N+](=O)[O-])c(N3CCOCC3)cc2N2CCOCC2)C1=O. The molecular weight excluding hydrogens is 468 g/mol. The van der Waals surface area contributed by atoms with E-state index < -0.39 is 28.6 Å². The standard InChI is InChI=1S/C21H24N4O8S/c1-31-19(26)13-24-20(27)18(34-21(24)28)11-14-10-17(25(29)30)16(23-4-8-33-9-5-23)12-15(14)22-2-6-32-7-3-22/h10-12H,2-9,13H2,1H3/b18-11-. The Labute approximate surface area is 199 Å². The number of ether oxygens (including phenoxy) is 3. The maximum Gasteiger partial charge on any atom is 0.325 e. The predicted octanol–water partition coefficient (Wildman–Crippen LogP) is 1.48. The van der Waals surface area contributed by atoms with Gasteiger partial charge in [0.05, 0.1) is 43.4 Å². The molecule has 2 amide bonds. The summed E-state index contributed by atoms with van der Waals surface area (Å²) in [7, 11) is 1.17. The fourth-order valence-electron chi connectivity index (χ4n) is 3.95. The number of nitro groups is 1. The van der Waals surface area contributed by atoms with E-state index in [1.54, 1.807) is 6.07 Å². The third-order valence-electron chi connectivity index (χ3n) is 5.70. The molecule has 0 aliphatic carbocycles. The van der Waals surface area contributed by atoms with E-state index in [4.69, 9.17) is 9.47 Å². The number of amides is 2. The van der Waals surface area contributed by atoms with Gasteiger partial charge in [0.1, 0.15) is 12.2 Å². The molecule has 0 unspecified atom stereocenters. The summed E-state index contributed by atoms with van der Waals surface area (Å²) in [5, 5.41) is 11.4. The van der Waals surface area contributed by atoms with E-state index in [-0.39, 0.29) is 10.6 Å². The van der Waals surface area contributed by atoms with Gasteiger partial charge < -0.3 is 24.0 Å². The van der Waals surface area contributed by atoms with Crippen molar-refractivity contribution < 1.29 is 33.5 Å². The number of nitro benzene ring substituents is 1. The Morgan fingerprint density at radius 3 is 2.24 bits per heavy atom. The molecule has 182 valence electrons. The summed E-state index contributed by atoms with van der Waals surface area (Å²) in [6, 6.07) is 3.20. The monoisotopic (exact) mass is 492 g/mol. The molecule has 0 N–H and O–H groups in total. The number of hydrogen-bond donors (Lipinski definition) is 0. The van der Waals surface area contributed by atoms with E-state index in [0.717, 1.165) is 4.90 Å². The number of anilines is 2. The Bertz CT molecular complexity index is 1030. The number of morpholine rings is 2. The van der Waals surface area contributed by atoms with Crippen molar-refractivity contribution in [2.24, 2.45) is 0 Å². The molecule has 13 heteroatoms. The van der Waals surface area contributed by atoms with E-state index in [2.05, 4.69) is 4.74 Å². The van der Waals surface area contributed by atoms with Crippen LogP contribution < -0.4 is 9.80 Å². The number of rotatable bonds is 6. The summed E-state index contributed by atoms with van der Waals surface area (Å²) in [5.41, 5.74) is 1.52. The molecule has 0 aromatic heterocycles. The molecule has 3 heterocycles. The van der Waals surface area contributed by atoms with Crippen LogP contribution in [0, 0.1) is 10.1 Å². The Kier molecular flexibility index (Phi) is 7.34. The zero-order valence-corrected chi connectivity index (χ0v) is 19.4. The van der Waals surface area contributed by atoms with Gasteiger partial charge in [-0.1, -0.05) is 0 Å². The highest BCUT2D eigenvalue weighted by Gasteiger charge is 2.37. The average molecular weight is 493 g/mol. The number of carbonyl (C=O) groups excluding carboxylic acids is 3. The van der Waals surface area contributed by atoms with Gasteiger partial charge in [-0.05, 0) is 23.9 Å². The number of carbonyl (C=O) groups is 3. The molecular formula is C21H24N4O8S. The van der Waals surface area contributed by atoms with Crippen LogP contribution in [0.1, 0.15) is 5.56 Å². The third-order valence-corrected chi connectivity index (χ3v) is 6.61. The second-order valence-corrected chi connectivity index (χ2v) is 8.69. The van der Waals surface area contributed by atoms with Crippen LogP contribution in [-0.2, 0) is 23.8 Å². The van der Waals surface area contributed by atoms with Gasteiger partial charge in [0, 0.05) is 43.5 Å². The van der Waals surface area contributed by atoms with Crippen LogP contribution in [-0.4, -0.2) is 93.2 Å². The van der Waals surface area contributed by atoms with Crippen LogP contribution in [0.15, 0.2) is 17.0 Å². The van der Waals surface area contributed by atoms with Crippen LogP contribution in [0.5, 0.6) is 0 Å².